The van der Waals surface area contributed by atoms with Gasteiger partial charge in [0.25, 0.3) is 17.9 Å². The van der Waals surface area contributed by atoms with Crippen molar-refractivity contribution in [2.75, 3.05) is 13.1 Å². The van der Waals surface area contributed by atoms with Crippen molar-refractivity contribution in [1.29, 1.82) is 0 Å². The highest BCUT2D eigenvalue weighted by molar-refractivity contribution is 5.98. The van der Waals surface area contributed by atoms with Gasteiger partial charge in [-0.2, -0.15) is 0 Å². The normalized spacial score (nSPS) is 22.2. The van der Waals surface area contributed by atoms with E-state index in [1.54, 1.807) is 25.2 Å². The molecular weight excluding hydrogens is 434 g/mol. The summed E-state index contributed by atoms with van der Waals surface area (Å²) in [6, 6.07) is 3.70. The molecule has 3 heterocycles. The highest BCUT2D eigenvalue weighted by atomic mass is 16.3. The molecule has 0 radical (unpaired) electrons. The van der Waals surface area contributed by atoms with Crippen molar-refractivity contribution < 1.29 is 29.4 Å². The van der Waals surface area contributed by atoms with E-state index in [1.807, 2.05) is 0 Å². The van der Waals surface area contributed by atoms with Crippen LogP contribution in [-0.2, 0) is 21.4 Å². The number of β-amino-alcohol motifs (C(OH)–C–C–N with tert-alkyl or cyclic N) is 1. The first-order valence-electron chi connectivity index (χ1n) is 10.3. The summed E-state index contributed by atoms with van der Waals surface area (Å²) in [5, 5.41) is 23.0. The second-order valence-corrected chi connectivity index (χ2v) is 7.96. The number of hydrogen-bond donors (Lipinski definition) is 4. The van der Waals surface area contributed by atoms with E-state index in [1.165, 1.54) is 15.8 Å². The Balaban J connectivity index is 0.000000968. The summed E-state index contributed by atoms with van der Waals surface area (Å²) in [6.07, 6.45) is 1.70. The lowest BCUT2D eigenvalue weighted by molar-refractivity contribution is -0.126. The van der Waals surface area contributed by atoms with Gasteiger partial charge in [-0.25, -0.2) is 4.98 Å². The minimum Gasteiger partial charge on any atom is -0.483 e. The van der Waals surface area contributed by atoms with Gasteiger partial charge in [0.15, 0.2) is 0 Å². The van der Waals surface area contributed by atoms with Crippen molar-refractivity contribution in [3.8, 4) is 0 Å². The van der Waals surface area contributed by atoms with Crippen LogP contribution in [0.3, 0.4) is 0 Å². The summed E-state index contributed by atoms with van der Waals surface area (Å²) in [4.78, 5) is 62.9. The van der Waals surface area contributed by atoms with E-state index < -0.39 is 18.2 Å². The predicted molar refractivity (Wildman–Crippen MR) is 115 cm³/mol. The summed E-state index contributed by atoms with van der Waals surface area (Å²) in [6.45, 7) is 0.137. The average Bonchev–Trinajstić information content (AvgIpc) is 3.22. The Morgan fingerprint density at radius 3 is 2.67 bits per heavy atom. The fourth-order valence-corrected chi connectivity index (χ4v) is 3.98. The first-order chi connectivity index (χ1) is 15.7. The van der Waals surface area contributed by atoms with E-state index in [2.05, 4.69) is 15.6 Å². The minimum atomic E-state index is -0.781. The van der Waals surface area contributed by atoms with Crippen LogP contribution in [0.2, 0.25) is 0 Å². The van der Waals surface area contributed by atoms with E-state index in [4.69, 9.17) is 9.90 Å². The van der Waals surface area contributed by atoms with Crippen molar-refractivity contribution in [3.05, 3.63) is 40.4 Å². The Hall–Kier alpha value is -3.80. The largest absolute Gasteiger partial charge is 0.483 e. The third-order valence-corrected chi connectivity index (χ3v) is 5.54. The molecule has 33 heavy (non-hydrogen) atoms. The molecule has 4 N–H and O–H groups in total. The maximum atomic E-state index is 13.0. The van der Waals surface area contributed by atoms with Crippen molar-refractivity contribution in [2.24, 2.45) is 7.05 Å². The van der Waals surface area contributed by atoms with Crippen LogP contribution in [0, 0.1) is 0 Å². The zero-order chi connectivity index (χ0) is 24.1. The third kappa shape index (κ3) is 5.52. The lowest BCUT2D eigenvalue weighted by Crippen LogP contribution is -2.56. The number of aliphatic hydroxyl groups excluding tert-OH is 1. The van der Waals surface area contributed by atoms with Gasteiger partial charge in [-0.3, -0.25) is 24.0 Å². The quantitative estimate of drug-likeness (QED) is 0.406. The minimum absolute atomic E-state index is 0.146. The van der Waals surface area contributed by atoms with Crippen molar-refractivity contribution in [1.82, 2.24) is 25.1 Å². The first kappa shape index (κ1) is 23.9. The number of piperidine rings is 1. The molecule has 2 fully saturated rings. The lowest BCUT2D eigenvalue weighted by Gasteiger charge is -2.36. The molecule has 3 amide bonds. The molecule has 12 nitrogen and oxygen atoms in total. The summed E-state index contributed by atoms with van der Waals surface area (Å²) in [5.74, 6) is -0.778. The van der Waals surface area contributed by atoms with E-state index in [0.29, 0.717) is 35.7 Å². The summed E-state index contributed by atoms with van der Waals surface area (Å²) in [5.41, 5.74) is 0.572. The van der Waals surface area contributed by atoms with Crippen LogP contribution in [0.4, 0.5) is 0 Å². The zero-order valence-electron chi connectivity index (χ0n) is 17.9. The number of likely N-dealkylation sites (tertiary alicyclic amines) is 1. The Labute approximate surface area is 188 Å². The number of aliphatic hydroxyl groups is 1. The Bertz CT molecular complexity index is 1130. The molecule has 2 saturated heterocycles. The molecule has 0 bridgehead atoms. The highest BCUT2D eigenvalue weighted by Gasteiger charge is 2.33. The number of rotatable bonds is 3. The number of nitrogens with one attached hydrogen (secondary N) is 2. The monoisotopic (exact) mass is 459 g/mol. The summed E-state index contributed by atoms with van der Waals surface area (Å²) < 4.78 is 1.37. The highest BCUT2D eigenvalue weighted by Crippen LogP contribution is 2.18. The molecule has 1 aromatic carbocycles. The molecule has 0 unspecified atom stereocenters. The molecule has 2 aromatic rings. The molecule has 0 spiro atoms. The predicted octanol–water partition coefficient (Wildman–Crippen LogP) is -1.40. The number of carbonyl (C=O) groups is 4. The number of aryl methyl sites for hydroxylation is 1. The fraction of sp³-hybridized carbons (Fsp3) is 0.429. The molecule has 1 aromatic heterocycles. The molecule has 4 rings (SSSR count). The van der Waals surface area contributed by atoms with Crippen LogP contribution in [0.25, 0.3) is 10.9 Å². The number of carbonyl (C=O) groups excluding carboxylic acids is 3. The molecule has 12 heteroatoms. The van der Waals surface area contributed by atoms with Crippen molar-refractivity contribution in [2.45, 2.75) is 37.5 Å². The molecular formula is C21H25N5O7. The van der Waals surface area contributed by atoms with Gasteiger partial charge >= 0.3 is 0 Å². The number of benzene rings is 1. The smallest absolute Gasteiger partial charge is 0.290 e. The summed E-state index contributed by atoms with van der Waals surface area (Å²) >= 11 is 0. The van der Waals surface area contributed by atoms with E-state index in [0.717, 1.165) is 0 Å². The maximum absolute atomic E-state index is 13.0. The molecule has 0 saturated carbocycles. The molecule has 176 valence electrons. The van der Waals surface area contributed by atoms with Crippen LogP contribution in [0.15, 0.2) is 29.3 Å². The van der Waals surface area contributed by atoms with Gasteiger partial charge in [0.05, 0.1) is 23.3 Å². The second kappa shape index (κ2) is 10.2. The fourth-order valence-electron chi connectivity index (χ4n) is 3.98. The van der Waals surface area contributed by atoms with E-state index in [9.17, 15) is 24.3 Å². The van der Waals surface area contributed by atoms with Crippen LogP contribution in [-0.4, -0.2) is 80.1 Å². The maximum Gasteiger partial charge on any atom is 0.290 e. The van der Waals surface area contributed by atoms with Gasteiger partial charge in [0.2, 0.25) is 11.8 Å². The number of nitrogens with zero attached hydrogens (tertiary/aromatic N) is 3. The van der Waals surface area contributed by atoms with Crippen LogP contribution in [0.5, 0.6) is 0 Å². The number of amides is 3. The van der Waals surface area contributed by atoms with E-state index in [-0.39, 0.29) is 42.8 Å². The SMILES string of the molecule is Cn1cnc2cc(C(=O)N3C[C@H](O)C[C@H](NC(=O)[C@H]4CCC(=O)N4)C3)ccc2c1=O.O=CO. The number of carboxylic acid groups (broad SMARTS) is 1. The van der Waals surface area contributed by atoms with Crippen LogP contribution in [0.1, 0.15) is 29.6 Å². The van der Waals surface area contributed by atoms with Crippen LogP contribution >= 0.6 is 0 Å². The number of aromatic nitrogens is 2. The van der Waals surface area contributed by atoms with Crippen molar-refractivity contribution in [3.63, 3.8) is 0 Å². The van der Waals surface area contributed by atoms with Crippen LogP contribution < -0.4 is 16.2 Å². The summed E-state index contributed by atoms with van der Waals surface area (Å²) in [7, 11) is 1.61. The molecule has 2 aliphatic heterocycles. The second-order valence-electron chi connectivity index (χ2n) is 7.96. The molecule has 0 aliphatic carbocycles. The van der Waals surface area contributed by atoms with Gasteiger partial charge in [-0.15, -0.1) is 0 Å². The Morgan fingerprint density at radius 1 is 1.27 bits per heavy atom. The van der Waals surface area contributed by atoms with Crippen molar-refractivity contribution >= 4 is 35.1 Å². The standard InChI is InChI=1S/C20H23N5O5.CH2O2/c1-24-10-21-16-6-11(2-3-14(16)20(24)30)19(29)25-8-12(7-13(26)9-25)22-18(28)15-4-5-17(27)23-15;2-1-3/h2-3,6,10,12-13,15,26H,4-5,7-9H2,1H3,(H,22,28)(H,23,27);1H,(H,2,3)/t12-,13+,15+;/m0./s1. The van der Waals surface area contributed by atoms with Gasteiger partial charge in [0, 0.05) is 38.2 Å². The Morgan fingerprint density at radius 2 is 2.00 bits per heavy atom. The van der Waals surface area contributed by atoms with E-state index >= 15 is 0 Å². The van der Waals surface area contributed by atoms with Gasteiger partial charge in [-0.05, 0) is 31.0 Å². The molecule has 2 aliphatic rings. The van der Waals surface area contributed by atoms with Gasteiger partial charge < -0.3 is 30.3 Å². The third-order valence-electron chi connectivity index (χ3n) is 5.54. The Kier molecular flexibility index (Phi) is 7.38. The topological polar surface area (TPSA) is 171 Å². The van der Waals surface area contributed by atoms with Gasteiger partial charge in [-0.1, -0.05) is 0 Å². The number of fused-ring (bicyclic) bond motifs is 1. The zero-order valence-corrected chi connectivity index (χ0v) is 17.9. The lowest BCUT2D eigenvalue weighted by atomic mass is 10.0. The molecule has 3 atom stereocenters. The average molecular weight is 459 g/mol. The van der Waals surface area contributed by atoms with Gasteiger partial charge in [0.1, 0.15) is 6.04 Å². The first-order valence-corrected chi connectivity index (χ1v) is 10.3. The number of hydrogen-bond acceptors (Lipinski definition) is 7.